The number of benzene rings is 1. The maximum Gasteiger partial charge on any atom is 0.0443 e. The fraction of sp³-hybridized carbons (Fsp3) is 0.500. The third-order valence-electron chi connectivity index (χ3n) is 2.66. The molecular formula is C12H18ClNO. The lowest BCUT2D eigenvalue weighted by Gasteiger charge is -2.24. The SMILES string of the molecule is CC(c1cccc(Cl)c1)N(C)CCCO. The van der Waals surface area contributed by atoms with Crippen LogP contribution in [0.2, 0.25) is 5.02 Å². The van der Waals surface area contributed by atoms with E-state index in [2.05, 4.69) is 24.9 Å². The molecule has 0 aliphatic carbocycles. The molecule has 0 aliphatic rings. The Labute approximate surface area is 96.5 Å². The Morgan fingerprint density at radius 2 is 2.20 bits per heavy atom. The Morgan fingerprint density at radius 3 is 2.80 bits per heavy atom. The average molecular weight is 228 g/mol. The molecule has 1 atom stereocenters. The van der Waals surface area contributed by atoms with Gasteiger partial charge in [0, 0.05) is 24.2 Å². The van der Waals surface area contributed by atoms with Crippen molar-refractivity contribution in [1.82, 2.24) is 4.90 Å². The summed E-state index contributed by atoms with van der Waals surface area (Å²) in [6.45, 7) is 3.28. The van der Waals surface area contributed by atoms with Crippen LogP contribution in [-0.4, -0.2) is 30.2 Å². The van der Waals surface area contributed by atoms with Gasteiger partial charge in [0.1, 0.15) is 0 Å². The molecule has 0 amide bonds. The lowest BCUT2D eigenvalue weighted by Crippen LogP contribution is -2.24. The summed E-state index contributed by atoms with van der Waals surface area (Å²) < 4.78 is 0. The van der Waals surface area contributed by atoms with Gasteiger partial charge in [-0.05, 0) is 38.1 Å². The fourth-order valence-corrected chi connectivity index (χ4v) is 1.73. The second kappa shape index (κ2) is 6.11. The summed E-state index contributed by atoms with van der Waals surface area (Å²) in [6, 6.07) is 8.24. The zero-order valence-corrected chi connectivity index (χ0v) is 10.0. The Hall–Kier alpha value is -0.570. The third kappa shape index (κ3) is 3.82. The number of hydrogen-bond acceptors (Lipinski definition) is 2. The third-order valence-corrected chi connectivity index (χ3v) is 2.90. The molecule has 0 heterocycles. The van der Waals surface area contributed by atoms with Gasteiger partial charge < -0.3 is 5.11 Å². The predicted molar refractivity (Wildman–Crippen MR) is 64.2 cm³/mol. The van der Waals surface area contributed by atoms with Crippen LogP contribution >= 0.6 is 11.6 Å². The molecule has 3 heteroatoms. The topological polar surface area (TPSA) is 23.5 Å². The molecule has 0 spiro atoms. The van der Waals surface area contributed by atoms with E-state index >= 15 is 0 Å². The molecule has 0 radical (unpaired) electrons. The van der Waals surface area contributed by atoms with Gasteiger partial charge in [0.2, 0.25) is 0 Å². The van der Waals surface area contributed by atoms with Crippen LogP contribution in [0.4, 0.5) is 0 Å². The fourth-order valence-electron chi connectivity index (χ4n) is 1.53. The number of rotatable bonds is 5. The number of hydrogen-bond donors (Lipinski definition) is 1. The molecule has 0 bridgehead atoms. The molecule has 1 N–H and O–H groups in total. The van der Waals surface area contributed by atoms with E-state index in [1.807, 2.05) is 18.2 Å². The number of aliphatic hydroxyl groups excluding tert-OH is 1. The first-order chi connectivity index (χ1) is 7.15. The van der Waals surface area contributed by atoms with Gasteiger partial charge in [-0.3, -0.25) is 4.90 Å². The van der Waals surface area contributed by atoms with Crippen LogP contribution in [0.1, 0.15) is 24.9 Å². The first-order valence-corrected chi connectivity index (χ1v) is 5.59. The number of aliphatic hydroxyl groups is 1. The van der Waals surface area contributed by atoms with Gasteiger partial charge in [0.15, 0.2) is 0 Å². The van der Waals surface area contributed by atoms with Crippen LogP contribution in [0.25, 0.3) is 0 Å². The Kier molecular flexibility index (Phi) is 5.09. The predicted octanol–water partition coefficient (Wildman–Crippen LogP) is 2.72. The lowest BCUT2D eigenvalue weighted by molar-refractivity contribution is 0.216. The second-order valence-corrected chi connectivity index (χ2v) is 4.23. The summed E-state index contributed by atoms with van der Waals surface area (Å²) in [4.78, 5) is 2.21. The van der Waals surface area contributed by atoms with Crippen molar-refractivity contribution >= 4 is 11.6 Å². The molecule has 0 saturated heterocycles. The van der Waals surface area contributed by atoms with Gasteiger partial charge >= 0.3 is 0 Å². The van der Waals surface area contributed by atoms with E-state index < -0.39 is 0 Å². The molecule has 0 saturated carbocycles. The van der Waals surface area contributed by atoms with Crippen LogP contribution in [0.5, 0.6) is 0 Å². The van der Waals surface area contributed by atoms with Gasteiger partial charge in [-0.1, -0.05) is 23.7 Å². The van der Waals surface area contributed by atoms with E-state index in [0.29, 0.717) is 6.04 Å². The van der Waals surface area contributed by atoms with E-state index in [9.17, 15) is 0 Å². The molecule has 1 unspecified atom stereocenters. The lowest BCUT2D eigenvalue weighted by atomic mass is 10.1. The highest BCUT2D eigenvalue weighted by Crippen LogP contribution is 2.21. The van der Waals surface area contributed by atoms with E-state index in [0.717, 1.165) is 18.0 Å². The minimum absolute atomic E-state index is 0.243. The highest BCUT2D eigenvalue weighted by Gasteiger charge is 2.10. The molecule has 2 nitrogen and oxygen atoms in total. The minimum Gasteiger partial charge on any atom is -0.396 e. The van der Waals surface area contributed by atoms with E-state index in [-0.39, 0.29) is 6.61 Å². The monoisotopic (exact) mass is 227 g/mol. The minimum atomic E-state index is 0.243. The van der Waals surface area contributed by atoms with Crippen molar-refractivity contribution in [3.8, 4) is 0 Å². The van der Waals surface area contributed by atoms with E-state index in [4.69, 9.17) is 16.7 Å². The van der Waals surface area contributed by atoms with Gasteiger partial charge in [-0.2, -0.15) is 0 Å². The van der Waals surface area contributed by atoms with Crippen molar-refractivity contribution in [2.45, 2.75) is 19.4 Å². The first-order valence-electron chi connectivity index (χ1n) is 5.21. The summed E-state index contributed by atoms with van der Waals surface area (Å²) in [6.07, 6.45) is 0.807. The van der Waals surface area contributed by atoms with Crippen LogP contribution in [-0.2, 0) is 0 Å². The largest absolute Gasteiger partial charge is 0.396 e. The molecule has 1 aromatic carbocycles. The molecule has 15 heavy (non-hydrogen) atoms. The van der Waals surface area contributed by atoms with E-state index in [1.165, 1.54) is 5.56 Å². The van der Waals surface area contributed by atoms with Crippen LogP contribution in [0, 0.1) is 0 Å². The maximum absolute atomic E-state index is 8.76. The van der Waals surface area contributed by atoms with Crippen molar-refractivity contribution in [3.05, 3.63) is 34.9 Å². The van der Waals surface area contributed by atoms with Crippen molar-refractivity contribution in [2.75, 3.05) is 20.2 Å². The second-order valence-electron chi connectivity index (χ2n) is 3.79. The van der Waals surface area contributed by atoms with Crippen LogP contribution in [0.15, 0.2) is 24.3 Å². The van der Waals surface area contributed by atoms with Gasteiger partial charge in [-0.15, -0.1) is 0 Å². The summed E-state index contributed by atoms with van der Waals surface area (Å²) in [5.41, 5.74) is 1.21. The quantitative estimate of drug-likeness (QED) is 0.836. The highest BCUT2D eigenvalue weighted by atomic mass is 35.5. The smallest absolute Gasteiger partial charge is 0.0443 e. The van der Waals surface area contributed by atoms with E-state index in [1.54, 1.807) is 0 Å². The Balaban J connectivity index is 2.62. The summed E-state index contributed by atoms with van der Waals surface area (Å²) in [7, 11) is 2.06. The molecule has 0 aromatic heterocycles. The Bertz CT molecular complexity index is 303. The molecule has 84 valence electrons. The summed E-state index contributed by atoms with van der Waals surface area (Å²) in [5.74, 6) is 0. The van der Waals surface area contributed by atoms with Gasteiger partial charge in [-0.25, -0.2) is 0 Å². The van der Waals surface area contributed by atoms with Crippen molar-refractivity contribution in [3.63, 3.8) is 0 Å². The average Bonchev–Trinajstić information content (AvgIpc) is 2.24. The molecule has 1 aromatic rings. The van der Waals surface area contributed by atoms with Crippen molar-refractivity contribution in [2.24, 2.45) is 0 Å². The standard InChI is InChI=1S/C12H18ClNO/c1-10(14(2)7-4-8-15)11-5-3-6-12(13)9-11/h3,5-6,9-10,15H,4,7-8H2,1-2H3. The maximum atomic E-state index is 8.76. The normalized spacial score (nSPS) is 13.1. The van der Waals surface area contributed by atoms with Gasteiger partial charge in [0.05, 0.1) is 0 Å². The highest BCUT2D eigenvalue weighted by molar-refractivity contribution is 6.30. The molecule has 0 aliphatic heterocycles. The van der Waals surface area contributed by atoms with Crippen LogP contribution < -0.4 is 0 Å². The van der Waals surface area contributed by atoms with Crippen LogP contribution in [0.3, 0.4) is 0 Å². The number of nitrogens with zero attached hydrogens (tertiary/aromatic N) is 1. The summed E-state index contributed by atoms with van der Waals surface area (Å²) in [5, 5.41) is 9.54. The molecule has 0 fully saturated rings. The summed E-state index contributed by atoms with van der Waals surface area (Å²) >= 11 is 5.94. The zero-order valence-electron chi connectivity index (χ0n) is 9.28. The molecule has 1 rings (SSSR count). The van der Waals surface area contributed by atoms with Crippen molar-refractivity contribution < 1.29 is 5.11 Å². The zero-order chi connectivity index (χ0) is 11.3. The number of halogens is 1. The molecular weight excluding hydrogens is 210 g/mol. The van der Waals surface area contributed by atoms with Gasteiger partial charge in [0.25, 0.3) is 0 Å². The van der Waals surface area contributed by atoms with Crippen molar-refractivity contribution in [1.29, 1.82) is 0 Å². The Morgan fingerprint density at radius 1 is 1.47 bits per heavy atom. The first kappa shape index (κ1) is 12.5.